The Labute approximate surface area is 390 Å². The summed E-state index contributed by atoms with van der Waals surface area (Å²) in [5.41, 5.74) is 0. The summed E-state index contributed by atoms with van der Waals surface area (Å²) in [6.07, 6.45) is 65.0. The van der Waals surface area contributed by atoms with Crippen molar-refractivity contribution in [1.82, 2.24) is 0 Å². The quantitative estimate of drug-likeness (QED) is 0.0282. The fourth-order valence-corrected chi connectivity index (χ4v) is 6.13. The van der Waals surface area contributed by atoms with Crippen molar-refractivity contribution in [3.63, 3.8) is 0 Å². The van der Waals surface area contributed by atoms with Crippen molar-refractivity contribution >= 4 is 17.9 Å². The number of carboxylic acids is 1. The minimum absolute atomic E-state index is 0.0221. The minimum atomic E-state index is -0.894. The average molecular weight is 887 g/mol. The van der Waals surface area contributed by atoms with E-state index in [4.69, 9.17) is 14.2 Å². The molecule has 0 aliphatic rings. The third kappa shape index (κ3) is 42.8. The first-order chi connectivity index (χ1) is 31.1. The van der Waals surface area contributed by atoms with Crippen LogP contribution in [0.25, 0.3) is 0 Å². The van der Waals surface area contributed by atoms with Gasteiger partial charge in [0.25, 0.3) is 0 Å². The standard InChI is InChI=1S/C56H87NO7/c1-6-8-10-12-14-16-18-20-22-24-26-28-30-32-34-36-38-40-42-44-46-54(58)63-51-52(50-62-49-48-53(56(60)61)57(3,4)5)64-55(59)47-45-43-41-39-37-35-33-31-29-27-25-23-21-19-17-15-13-11-9-7-2/h8-11,14-17,20-23,26-29,32-35,38,40,52-53H,6-7,12-13,18-19,24-25,30-31,36-37,39,41-51H2,1-5H3/p+1/b10-8+,11-9+,16-14+,17-15+,22-20+,23-21+,28-26+,29-27+,34-32+,35-33+,40-38+. The first kappa shape index (κ1) is 59.5. The maximum atomic E-state index is 12.8. The van der Waals surface area contributed by atoms with Gasteiger partial charge in [-0.3, -0.25) is 9.59 Å². The number of likely N-dealkylation sites (N-methyl/N-ethyl adjacent to an activating group) is 1. The molecule has 0 aromatic heterocycles. The van der Waals surface area contributed by atoms with Gasteiger partial charge in [0.2, 0.25) is 0 Å². The number of unbranched alkanes of at least 4 members (excludes halogenated alkanes) is 5. The van der Waals surface area contributed by atoms with Crippen LogP contribution in [0.4, 0.5) is 0 Å². The maximum Gasteiger partial charge on any atom is 0.362 e. The lowest BCUT2D eigenvalue weighted by Gasteiger charge is -2.31. The number of hydrogen-bond acceptors (Lipinski definition) is 6. The molecule has 2 atom stereocenters. The molecule has 358 valence electrons. The zero-order valence-electron chi connectivity index (χ0n) is 40.7. The smallest absolute Gasteiger partial charge is 0.362 e. The number of quaternary nitrogens is 1. The van der Waals surface area contributed by atoms with Crippen molar-refractivity contribution in [2.75, 3.05) is 41.0 Å². The molecule has 1 N–H and O–H groups in total. The van der Waals surface area contributed by atoms with Gasteiger partial charge in [-0.05, 0) is 103 Å². The van der Waals surface area contributed by atoms with E-state index in [1.807, 2.05) is 21.1 Å². The number of carbonyl (C=O) groups excluding carboxylic acids is 2. The summed E-state index contributed by atoms with van der Waals surface area (Å²) in [7, 11) is 5.49. The Morgan fingerprint density at radius 1 is 0.469 bits per heavy atom. The van der Waals surface area contributed by atoms with Gasteiger partial charge in [0.15, 0.2) is 12.1 Å². The Kier molecular flexibility index (Phi) is 41.9. The van der Waals surface area contributed by atoms with Crippen LogP contribution in [0, 0.1) is 0 Å². The normalized spacial score (nSPS) is 14.1. The van der Waals surface area contributed by atoms with Gasteiger partial charge in [-0.15, -0.1) is 0 Å². The second-order valence-electron chi connectivity index (χ2n) is 16.6. The zero-order valence-corrected chi connectivity index (χ0v) is 40.7. The second-order valence-corrected chi connectivity index (χ2v) is 16.6. The Morgan fingerprint density at radius 3 is 1.25 bits per heavy atom. The van der Waals surface area contributed by atoms with Crippen molar-refractivity contribution in [1.29, 1.82) is 0 Å². The molecule has 0 aliphatic carbocycles. The molecule has 0 saturated carbocycles. The van der Waals surface area contributed by atoms with E-state index in [2.05, 4.69) is 148 Å². The lowest BCUT2D eigenvalue weighted by atomic mass is 10.1. The number of hydrogen-bond donors (Lipinski definition) is 1. The molecule has 0 rings (SSSR count). The highest BCUT2D eigenvalue weighted by Crippen LogP contribution is 2.12. The molecule has 0 amide bonds. The Morgan fingerprint density at radius 2 is 0.844 bits per heavy atom. The molecule has 0 heterocycles. The number of ether oxygens (including phenoxy) is 3. The van der Waals surface area contributed by atoms with E-state index in [0.29, 0.717) is 12.8 Å². The van der Waals surface area contributed by atoms with E-state index in [0.717, 1.165) is 109 Å². The monoisotopic (exact) mass is 887 g/mol. The molecule has 0 radical (unpaired) electrons. The van der Waals surface area contributed by atoms with E-state index in [1.165, 1.54) is 0 Å². The van der Waals surface area contributed by atoms with Crippen LogP contribution in [0.5, 0.6) is 0 Å². The molecule has 0 fully saturated rings. The van der Waals surface area contributed by atoms with Gasteiger partial charge in [0.1, 0.15) is 6.61 Å². The lowest BCUT2D eigenvalue weighted by Crippen LogP contribution is -2.50. The molecule has 8 nitrogen and oxygen atoms in total. The minimum Gasteiger partial charge on any atom is -0.477 e. The molecule has 0 saturated heterocycles. The summed E-state index contributed by atoms with van der Waals surface area (Å²) in [4.78, 5) is 37.1. The Hall–Kier alpha value is -4.53. The number of esters is 2. The number of nitrogens with zero attached hydrogens (tertiary/aromatic N) is 1. The van der Waals surface area contributed by atoms with Crippen LogP contribution in [0.1, 0.15) is 149 Å². The largest absolute Gasteiger partial charge is 0.477 e. The van der Waals surface area contributed by atoms with Crippen LogP contribution < -0.4 is 0 Å². The summed E-state index contributed by atoms with van der Waals surface area (Å²) >= 11 is 0. The van der Waals surface area contributed by atoms with Gasteiger partial charge in [0.05, 0.1) is 34.4 Å². The average Bonchev–Trinajstić information content (AvgIpc) is 3.26. The van der Waals surface area contributed by atoms with Crippen LogP contribution >= 0.6 is 0 Å². The van der Waals surface area contributed by atoms with Crippen molar-refractivity contribution in [2.24, 2.45) is 0 Å². The highest BCUT2D eigenvalue weighted by molar-refractivity contribution is 5.72. The van der Waals surface area contributed by atoms with E-state index in [1.54, 1.807) is 0 Å². The van der Waals surface area contributed by atoms with Crippen LogP contribution in [0.15, 0.2) is 134 Å². The predicted octanol–water partition coefficient (Wildman–Crippen LogP) is 14.0. The third-order valence-corrected chi connectivity index (χ3v) is 9.80. The molecule has 0 aliphatic heterocycles. The number of aliphatic carboxylic acids is 1. The summed E-state index contributed by atoms with van der Waals surface area (Å²) in [5, 5.41) is 9.65. The van der Waals surface area contributed by atoms with E-state index in [-0.39, 0.29) is 49.1 Å². The van der Waals surface area contributed by atoms with E-state index < -0.39 is 18.1 Å². The van der Waals surface area contributed by atoms with Crippen LogP contribution in [-0.2, 0) is 28.6 Å². The van der Waals surface area contributed by atoms with E-state index in [9.17, 15) is 19.5 Å². The fourth-order valence-electron chi connectivity index (χ4n) is 6.13. The zero-order chi connectivity index (χ0) is 47.0. The van der Waals surface area contributed by atoms with Gasteiger partial charge in [-0.2, -0.15) is 0 Å². The summed E-state index contributed by atoms with van der Waals surface area (Å²) in [6.45, 7) is 4.39. The summed E-state index contributed by atoms with van der Waals surface area (Å²) in [5.74, 6) is -1.60. The Bertz CT molecular complexity index is 1500. The molecule has 64 heavy (non-hydrogen) atoms. The molecule has 0 spiro atoms. The molecular formula is C56H88NO7+. The van der Waals surface area contributed by atoms with Crippen molar-refractivity contribution in [2.45, 2.75) is 161 Å². The number of carbonyl (C=O) groups is 3. The van der Waals surface area contributed by atoms with Gasteiger partial charge < -0.3 is 23.8 Å². The van der Waals surface area contributed by atoms with Gasteiger partial charge in [-0.25, -0.2) is 4.79 Å². The first-order valence-electron chi connectivity index (χ1n) is 24.2. The molecule has 0 aromatic carbocycles. The van der Waals surface area contributed by atoms with Crippen LogP contribution in [0.2, 0.25) is 0 Å². The van der Waals surface area contributed by atoms with Crippen molar-refractivity contribution in [3.05, 3.63) is 134 Å². The lowest BCUT2D eigenvalue weighted by molar-refractivity contribution is -0.887. The second kappa shape index (κ2) is 45.1. The molecule has 0 aromatic rings. The summed E-state index contributed by atoms with van der Waals surface area (Å²) in [6, 6.07) is -0.638. The maximum absolute atomic E-state index is 12.8. The van der Waals surface area contributed by atoms with Gasteiger partial charge in [-0.1, -0.05) is 160 Å². The number of carboxylic acid groups (broad SMARTS) is 1. The van der Waals surface area contributed by atoms with Crippen LogP contribution in [-0.4, -0.2) is 80.6 Å². The first-order valence-corrected chi connectivity index (χ1v) is 24.2. The van der Waals surface area contributed by atoms with E-state index >= 15 is 0 Å². The highest BCUT2D eigenvalue weighted by atomic mass is 16.6. The van der Waals surface area contributed by atoms with Crippen molar-refractivity contribution in [3.8, 4) is 0 Å². The number of allylic oxidation sites excluding steroid dienone is 22. The molecule has 8 heteroatoms. The number of rotatable bonds is 41. The molecule has 0 bridgehead atoms. The van der Waals surface area contributed by atoms with Crippen LogP contribution in [0.3, 0.4) is 0 Å². The van der Waals surface area contributed by atoms with Gasteiger partial charge >= 0.3 is 17.9 Å². The predicted molar refractivity (Wildman–Crippen MR) is 270 cm³/mol. The Balaban J connectivity index is 4.48. The highest BCUT2D eigenvalue weighted by Gasteiger charge is 2.31. The summed E-state index contributed by atoms with van der Waals surface area (Å²) < 4.78 is 17.2. The molecular weight excluding hydrogens is 799 g/mol. The molecule has 2 unspecified atom stereocenters. The van der Waals surface area contributed by atoms with Gasteiger partial charge in [0, 0.05) is 19.3 Å². The fraction of sp³-hybridized carbons (Fsp3) is 0.554. The SMILES string of the molecule is CC/C=C/C/C=C/C/C=C/C/C=C/C/C=C/C/C=C/CCCC(=O)OCC(COCCC(C(=O)O)[N+](C)(C)C)OC(=O)CCCCCC/C=C/C/C=C/C/C=C/C/C=C/C/C=C/CC. The third-order valence-electron chi connectivity index (χ3n) is 9.80. The topological polar surface area (TPSA) is 99.1 Å². The van der Waals surface area contributed by atoms with Crippen molar-refractivity contribution < 1.29 is 38.2 Å².